The van der Waals surface area contributed by atoms with E-state index < -0.39 is 0 Å². The van der Waals surface area contributed by atoms with Gasteiger partial charge < -0.3 is 4.74 Å². The van der Waals surface area contributed by atoms with Gasteiger partial charge in [0.25, 0.3) is 11.8 Å². The molecule has 26 heavy (non-hydrogen) atoms. The predicted molar refractivity (Wildman–Crippen MR) is 99.0 cm³/mol. The van der Waals surface area contributed by atoms with Crippen LogP contribution in [-0.2, 0) is 9.59 Å². The Balaban J connectivity index is 1.58. The molecule has 2 fully saturated rings. The normalized spacial score (nSPS) is 30.5. The van der Waals surface area contributed by atoms with Crippen molar-refractivity contribution in [3.05, 3.63) is 40.9 Å². The number of carbonyl (C=O) groups excluding carboxylic acids is 2. The molecule has 0 unspecified atom stereocenters. The molecule has 2 amide bonds. The maximum Gasteiger partial charge on any atom is 0.254 e. The SMILES string of the molecule is CC[C@@H](C)Oc1ccc(Cl)cc1C=NN1C(=O)[C@@H]2[C@H](C1=O)[C@H]1C=C[C@H]2C1. The van der Waals surface area contributed by atoms with E-state index in [4.69, 9.17) is 16.3 Å². The van der Waals surface area contributed by atoms with Gasteiger partial charge >= 0.3 is 0 Å². The van der Waals surface area contributed by atoms with E-state index in [1.54, 1.807) is 18.2 Å². The Hall–Kier alpha value is -2.14. The summed E-state index contributed by atoms with van der Waals surface area (Å²) in [6.07, 6.45) is 7.45. The first-order valence-corrected chi connectivity index (χ1v) is 9.43. The van der Waals surface area contributed by atoms with Crippen molar-refractivity contribution < 1.29 is 14.3 Å². The topological polar surface area (TPSA) is 59.0 Å². The zero-order chi connectivity index (χ0) is 18.4. The Labute approximate surface area is 157 Å². The summed E-state index contributed by atoms with van der Waals surface area (Å²) in [5, 5.41) is 5.79. The number of amides is 2. The second-order valence-corrected chi connectivity index (χ2v) is 7.69. The van der Waals surface area contributed by atoms with E-state index in [-0.39, 0.29) is 41.6 Å². The second kappa shape index (κ2) is 6.54. The summed E-state index contributed by atoms with van der Waals surface area (Å²) < 4.78 is 5.89. The predicted octanol–water partition coefficient (Wildman–Crippen LogP) is 3.66. The number of carbonyl (C=O) groups is 2. The van der Waals surface area contributed by atoms with E-state index in [0.717, 1.165) is 17.9 Å². The number of hydrogen-bond acceptors (Lipinski definition) is 4. The largest absolute Gasteiger partial charge is 0.490 e. The van der Waals surface area contributed by atoms with Crippen molar-refractivity contribution in [1.29, 1.82) is 0 Å². The van der Waals surface area contributed by atoms with Gasteiger partial charge in [0.2, 0.25) is 0 Å². The fourth-order valence-corrected chi connectivity index (χ4v) is 4.33. The second-order valence-electron chi connectivity index (χ2n) is 7.25. The van der Waals surface area contributed by atoms with E-state index in [0.29, 0.717) is 16.3 Å². The zero-order valence-corrected chi connectivity index (χ0v) is 15.5. The van der Waals surface area contributed by atoms with Crippen LogP contribution in [0.4, 0.5) is 0 Å². The molecule has 0 radical (unpaired) electrons. The highest BCUT2D eigenvalue weighted by Crippen LogP contribution is 2.52. The van der Waals surface area contributed by atoms with Crippen LogP contribution in [0, 0.1) is 23.7 Å². The molecule has 1 saturated heterocycles. The summed E-state index contributed by atoms with van der Waals surface area (Å²) in [5.74, 6) is 0.108. The fraction of sp³-hybridized carbons (Fsp3) is 0.450. The summed E-state index contributed by atoms with van der Waals surface area (Å²) in [5.41, 5.74) is 0.650. The first-order chi connectivity index (χ1) is 12.5. The smallest absolute Gasteiger partial charge is 0.254 e. The maximum atomic E-state index is 12.7. The number of benzene rings is 1. The van der Waals surface area contributed by atoms with Crippen molar-refractivity contribution in [3.8, 4) is 5.75 Å². The molecule has 1 heterocycles. The molecule has 6 heteroatoms. The summed E-state index contributed by atoms with van der Waals surface area (Å²) in [4.78, 5) is 25.4. The van der Waals surface area contributed by atoms with Gasteiger partial charge in [-0.15, -0.1) is 0 Å². The molecule has 5 nitrogen and oxygen atoms in total. The third-order valence-electron chi connectivity index (χ3n) is 5.63. The number of hydrazone groups is 1. The van der Waals surface area contributed by atoms with Gasteiger partial charge in [-0.1, -0.05) is 30.7 Å². The molecule has 4 rings (SSSR count). The first kappa shape index (κ1) is 17.3. The van der Waals surface area contributed by atoms with Crippen molar-refractivity contribution >= 4 is 29.6 Å². The third-order valence-corrected chi connectivity index (χ3v) is 5.87. The minimum absolute atomic E-state index is 0.0411. The highest BCUT2D eigenvalue weighted by Gasteiger charge is 2.59. The minimum atomic E-state index is -0.246. The van der Waals surface area contributed by atoms with E-state index in [1.165, 1.54) is 6.21 Å². The molecule has 2 bridgehead atoms. The summed E-state index contributed by atoms with van der Waals surface area (Å²) >= 11 is 6.09. The number of ether oxygens (including phenoxy) is 1. The van der Waals surface area contributed by atoms with E-state index in [9.17, 15) is 9.59 Å². The molecule has 0 N–H and O–H groups in total. The molecule has 5 atom stereocenters. The molecular formula is C20H21ClN2O3. The van der Waals surface area contributed by atoms with Crippen LogP contribution in [-0.4, -0.2) is 29.1 Å². The van der Waals surface area contributed by atoms with E-state index >= 15 is 0 Å². The maximum absolute atomic E-state index is 12.7. The Kier molecular flexibility index (Phi) is 4.35. The van der Waals surface area contributed by atoms with Crippen LogP contribution < -0.4 is 4.74 Å². The van der Waals surface area contributed by atoms with Crippen LogP contribution >= 0.6 is 11.6 Å². The average molecular weight is 373 g/mol. The Morgan fingerprint density at radius 1 is 1.27 bits per heavy atom. The van der Waals surface area contributed by atoms with Crippen LogP contribution in [0.5, 0.6) is 5.75 Å². The Morgan fingerprint density at radius 3 is 2.54 bits per heavy atom. The number of fused-ring (bicyclic) bond motifs is 5. The minimum Gasteiger partial charge on any atom is -0.490 e. The molecule has 1 aliphatic heterocycles. The molecule has 1 aromatic carbocycles. The summed E-state index contributed by atoms with van der Waals surface area (Å²) in [6, 6.07) is 5.25. The van der Waals surface area contributed by atoms with Gasteiger partial charge in [-0.2, -0.15) is 10.1 Å². The molecule has 136 valence electrons. The molecular weight excluding hydrogens is 352 g/mol. The molecule has 0 spiro atoms. The van der Waals surface area contributed by atoms with Crippen LogP contribution in [0.25, 0.3) is 0 Å². The lowest BCUT2D eigenvalue weighted by atomic mass is 9.85. The summed E-state index contributed by atoms with van der Waals surface area (Å²) in [7, 11) is 0. The Morgan fingerprint density at radius 2 is 1.92 bits per heavy atom. The van der Waals surface area contributed by atoms with Gasteiger partial charge in [0, 0.05) is 10.6 Å². The first-order valence-electron chi connectivity index (χ1n) is 9.06. The third kappa shape index (κ3) is 2.75. The highest BCUT2D eigenvalue weighted by atomic mass is 35.5. The van der Waals surface area contributed by atoms with E-state index in [1.807, 2.05) is 13.8 Å². The number of hydrogen-bond donors (Lipinski definition) is 0. The van der Waals surface area contributed by atoms with Crippen molar-refractivity contribution in [2.75, 3.05) is 0 Å². The lowest BCUT2D eigenvalue weighted by Crippen LogP contribution is -2.28. The van der Waals surface area contributed by atoms with Crippen molar-refractivity contribution in [2.24, 2.45) is 28.8 Å². The van der Waals surface area contributed by atoms with Gasteiger partial charge in [-0.25, -0.2) is 0 Å². The fourth-order valence-electron chi connectivity index (χ4n) is 4.15. The number of halogens is 1. The van der Waals surface area contributed by atoms with Crippen LogP contribution in [0.3, 0.4) is 0 Å². The van der Waals surface area contributed by atoms with Crippen LogP contribution in [0.15, 0.2) is 35.5 Å². The number of allylic oxidation sites excluding steroid dienone is 2. The summed E-state index contributed by atoms with van der Waals surface area (Å²) in [6.45, 7) is 4.02. The van der Waals surface area contributed by atoms with Gasteiger partial charge in [0.15, 0.2) is 0 Å². The lowest BCUT2D eigenvalue weighted by molar-refractivity contribution is -0.140. The standard InChI is InChI=1S/C20H21ClN2O3/c1-3-11(2)26-16-7-6-15(21)9-14(16)10-22-23-19(24)17-12-4-5-13(8-12)18(17)20(23)25/h4-7,9-13,17-18H,3,8H2,1-2H3/t11-,12+,13+,17-,18+/m1/s1. The average Bonchev–Trinajstić information content (AvgIpc) is 3.30. The quantitative estimate of drug-likeness (QED) is 0.450. The molecule has 2 aliphatic carbocycles. The van der Waals surface area contributed by atoms with Crippen LogP contribution in [0.2, 0.25) is 5.02 Å². The molecule has 3 aliphatic rings. The van der Waals surface area contributed by atoms with Gasteiger partial charge in [0.05, 0.1) is 24.2 Å². The Bertz CT molecular complexity index is 789. The monoisotopic (exact) mass is 372 g/mol. The van der Waals surface area contributed by atoms with Crippen molar-refractivity contribution in [3.63, 3.8) is 0 Å². The van der Waals surface area contributed by atoms with E-state index in [2.05, 4.69) is 17.3 Å². The van der Waals surface area contributed by atoms with Gasteiger partial charge in [-0.3, -0.25) is 9.59 Å². The molecule has 1 aromatic rings. The number of imide groups is 1. The number of rotatable bonds is 5. The van der Waals surface area contributed by atoms with Gasteiger partial charge in [0.1, 0.15) is 5.75 Å². The van der Waals surface area contributed by atoms with Gasteiger partial charge in [-0.05, 0) is 49.8 Å². The van der Waals surface area contributed by atoms with Crippen molar-refractivity contribution in [2.45, 2.75) is 32.8 Å². The molecule has 1 saturated carbocycles. The molecule has 0 aromatic heterocycles. The zero-order valence-electron chi connectivity index (χ0n) is 14.8. The highest BCUT2D eigenvalue weighted by molar-refractivity contribution is 6.31. The van der Waals surface area contributed by atoms with Crippen LogP contribution in [0.1, 0.15) is 32.3 Å². The van der Waals surface area contributed by atoms with Crippen molar-refractivity contribution in [1.82, 2.24) is 5.01 Å². The lowest BCUT2D eigenvalue weighted by Gasteiger charge is -2.15. The number of nitrogens with zero attached hydrogens (tertiary/aromatic N) is 2.